The zero-order chi connectivity index (χ0) is 11.1. The SMILES string of the molecule is CC(C)CC(CO)NC(=O)CC(=O)O. The van der Waals surface area contributed by atoms with Crippen molar-refractivity contribution < 1.29 is 19.8 Å². The van der Waals surface area contributed by atoms with Gasteiger partial charge in [-0.3, -0.25) is 9.59 Å². The second-order valence-corrected chi connectivity index (χ2v) is 3.65. The quantitative estimate of drug-likeness (QED) is 0.530. The van der Waals surface area contributed by atoms with Crippen LogP contribution in [0.15, 0.2) is 0 Å². The minimum atomic E-state index is -1.16. The number of carbonyl (C=O) groups excluding carboxylic acids is 1. The first-order valence-electron chi connectivity index (χ1n) is 4.57. The van der Waals surface area contributed by atoms with Gasteiger partial charge in [-0.25, -0.2) is 0 Å². The highest BCUT2D eigenvalue weighted by molar-refractivity contribution is 5.93. The number of aliphatic hydroxyl groups excluding tert-OH is 1. The van der Waals surface area contributed by atoms with E-state index in [4.69, 9.17) is 10.2 Å². The summed E-state index contributed by atoms with van der Waals surface area (Å²) in [5.41, 5.74) is 0. The Kier molecular flexibility index (Phi) is 5.87. The molecule has 0 rings (SSSR count). The van der Waals surface area contributed by atoms with E-state index < -0.39 is 18.3 Å². The van der Waals surface area contributed by atoms with E-state index in [1.807, 2.05) is 13.8 Å². The molecular formula is C9H17NO4. The maximum atomic E-state index is 11.0. The van der Waals surface area contributed by atoms with Crippen molar-refractivity contribution in [3.63, 3.8) is 0 Å². The zero-order valence-electron chi connectivity index (χ0n) is 8.49. The highest BCUT2D eigenvalue weighted by atomic mass is 16.4. The van der Waals surface area contributed by atoms with Crippen LogP contribution in [0.25, 0.3) is 0 Å². The van der Waals surface area contributed by atoms with E-state index >= 15 is 0 Å². The number of rotatable bonds is 6. The Balaban J connectivity index is 3.92. The Morgan fingerprint density at radius 1 is 1.36 bits per heavy atom. The molecule has 14 heavy (non-hydrogen) atoms. The smallest absolute Gasteiger partial charge is 0.312 e. The summed E-state index contributed by atoms with van der Waals surface area (Å²) in [6.07, 6.45) is 0.0937. The maximum Gasteiger partial charge on any atom is 0.312 e. The van der Waals surface area contributed by atoms with Gasteiger partial charge in [-0.15, -0.1) is 0 Å². The molecule has 0 saturated heterocycles. The summed E-state index contributed by atoms with van der Waals surface area (Å²) in [5.74, 6) is -1.38. The van der Waals surface area contributed by atoms with E-state index in [9.17, 15) is 9.59 Å². The van der Waals surface area contributed by atoms with Crippen LogP contribution in [0.4, 0.5) is 0 Å². The molecule has 1 atom stereocenters. The van der Waals surface area contributed by atoms with Crippen LogP contribution in [0.5, 0.6) is 0 Å². The summed E-state index contributed by atoms with van der Waals surface area (Å²) in [6, 6.07) is -0.346. The molecule has 1 unspecified atom stereocenters. The molecule has 0 aliphatic rings. The zero-order valence-corrected chi connectivity index (χ0v) is 8.49. The van der Waals surface area contributed by atoms with E-state index in [0.29, 0.717) is 12.3 Å². The average Bonchev–Trinajstić information content (AvgIpc) is 2.00. The number of carboxylic acid groups (broad SMARTS) is 1. The summed E-state index contributed by atoms with van der Waals surface area (Å²) in [4.78, 5) is 21.2. The molecule has 82 valence electrons. The van der Waals surface area contributed by atoms with Crippen LogP contribution in [0.3, 0.4) is 0 Å². The number of hydrogen-bond acceptors (Lipinski definition) is 3. The summed E-state index contributed by atoms with van der Waals surface area (Å²) in [5, 5.41) is 19.7. The van der Waals surface area contributed by atoms with Gasteiger partial charge in [0.05, 0.1) is 12.6 Å². The highest BCUT2D eigenvalue weighted by Gasteiger charge is 2.14. The Bertz CT molecular complexity index is 203. The monoisotopic (exact) mass is 203 g/mol. The molecule has 0 aromatic rings. The normalized spacial score (nSPS) is 12.6. The van der Waals surface area contributed by atoms with Crippen molar-refractivity contribution in [1.82, 2.24) is 5.32 Å². The summed E-state index contributed by atoms with van der Waals surface area (Å²) < 4.78 is 0. The third-order valence-electron chi connectivity index (χ3n) is 1.65. The van der Waals surface area contributed by atoms with Crippen LogP contribution in [0.2, 0.25) is 0 Å². The van der Waals surface area contributed by atoms with Crippen molar-refractivity contribution in [3.8, 4) is 0 Å². The van der Waals surface area contributed by atoms with Crippen LogP contribution in [0.1, 0.15) is 26.7 Å². The van der Waals surface area contributed by atoms with Crippen LogP contribution >= 0.6 is 0 Å². The lowest BCUT2D eigenvalue weighted by molar-refractivity contribution is -0.141. The molecule has 3 N–H and O–H groups in total. The molecule has 0 saturated carbocycles. The molecule has 0 heterocycles. The molecule has 0 aliphatic heterocycles. The summed E-state index contributed by atoms with van der Waals surface area (Å²) in [7, 11) is 0. The molecule has 0 bridgehead atoms. The van der Waals surface area contributed by atoms with Gasteiger partial charge in [-0.2, -0.15) is 0 Å². The molecule has 5 heteroatoms. The van der Waals surface area contributed by atoms with E-state index in [-0.39, 0.29) is 12.6 Å². The van der Waals surface area contributed by atoms with Gasteiger partial charge in [0, 0.05) is 0 Å². The Hall–Kier alpha value is -1.10. The second kappa shape index (κ2) is 6.37. The number of aliphatic carboxylic acids is 1. The van der Waals surface area contributed by atoms with Gasteiger partial charge in [-0.1, -0.05) is 13.8 Å². The molecule has 1 amide bonds. The van der Waals surface area contributed by atoms with Crippen LogP contribution < -0.4 is 5.32 Å². The van der Waals surface area contributed by atoms with Crippen LogP contribution in [0, 0.1) is 5.92 Å². The van der Waals surface area contributed by atoms with E-state index in [1.165, 1.54) is 0 Å². The molecule has 0 aromatic heterocycles. The summed E-state index contributed by atoms with van der Waals surface area (Å²) in [6.45, 7) is 3.77. The third-order valence-corrected chi connectivity index (χ3v) is 1.65. The third kappa shape index (κ3) is 6.42. The first kappa shape index (κ1) is 12.9. The van der Waals surface area contributed by atoms with Crippen molar-refractivity contribution in [3.05, 3.63) is 0 Å². The lowest BCUT2D eigenvalue weighted by atomic mass is 10.0. The molecule has 0 fully saturated rings. The van der Waals surface area contributed by atoms with Crippen LogP contribution in [-0.4, -0.2) is 34.7 Å². The van der Waals surface area contributed by atoms with Gasteiger partial charge < -0.3 is 15.5 Å². The minimum absolute atomic E-state index is 0.163. The first-order valence-corrected chi connectivity index (χ1v) is 4.57. The summed E-state index contributed by atoms with van der Waals surface area (Å²) >= 11 is 0. The number of carbonyl (C=O) groups is 2. The number of nitrogens with one attached hydrogen (secondary N) is 1. The van der Waals surface area contributed by atoms with Gasteiger partial charge in [0.1, 0.15) is 6.42 Å². The molecule has 0 radical (unpaired) electrons. The van der Waals surface area contributed by atoms with Gasteiger partial charge in [0.2, 0.25) is 5.91 Å². The number of hydrogen-bond donors (Lipinski definition) is 3. The Labute approximate surface area is 83.1 Å². The lowest BCUT2D eigenvalue weighted by Crippen LogP contribution is -2.39. The van der Waals surface area contributed by atoms with Gasteiger partial charge in [0.25, 0.3) is 0 Å². The second-order valence-electron chi connectivity index (χ2n) is 3.65. The fourth-order valence-electron chi connectivity index (χ4n) is 1.16. The molecule has 5 nitrogen and oxygen atoms in total. The molecule has 0 aliphatic carbocycles. The van der Waals surface area contributed by atoms with E-state index in [2.05, 4.69) is 5.32 Å². The van der Waals surface area contributed by atoms with Crippen LogP contribution in [-0.2, 0) is 9.59 Å². The predicted octanol–water partition coefficient (Wildman–Crippen LogP) is -0.0157. The first-order chi connectivity index (χ1) is 6.45. The lowest BCUT2D eigenvalue weighted by Gasteiger charge is -2.17. The van der Waals surface area contributed by atoms with Crippen molar-refractivity contribution in [2.24, 2.45) is 5.92 Å². The fourth-order valence-corrected chi connectivity index (χ4v) is 1.16. The minimum Gasteiger partial charge on any atom is -0.481 e. The topological polar surface area (TPSA) is 86.6 Å². The molecule has 0 aromatic carbocycles. The number of aliphatic hydroxyl groups is 1. The van der Waals surface area contributed by atoms with Crippen molar-refractivity contribution in [2.75, 3.05) is 6.61 Å². The molecular weight excluding hydrogens is 186 g/mol. The molecule has 0 spiro atoms. The van der Waals surface area contributed by atoms with E-state index in [0.717, 1.165) is 0 Å². The predicted molar refractivity (Wildman–Crippen MR) is 50.7 cm³/mol. The largest absolute Gasteiger partial charge is 0.481 e. The Morgan fingerprint density at radius 3 is 2.29 bits per heavy atom. The fraction of sp³-hybridized carbons (Fsp3) is 0.778. The Morgan fingerprint density at radius 2 is 1.93 bits per heavy atom. The van der Waals surface area contributed by atoms with Gasteiger partial charge in [-0.05, 0) is 12.3 Å². The average molecular weight is 203 g/mol. The van der Waals surface area contributed by atoms with Gasteiger partial charge >= 0.3 is 5.97 Å². The highest BCUT2D eigenvalue weighted by Crippen LogP contribution is 2.04. The maximum absolute atomic E-state index is 11.0. The van der Waals surface area contributed by atoms with Crippen molar-refractivity contribution >= 4 is 11.9 Å². The van der Waals surface area contributed by atoms with Crippen molar-refractivity contribution in [2.45, 2.75) is 32.7 Å². The van der Waals surface area contributed by atoms with E-state index in [1.54, 1.807) is 0 Å². The van der Waals surface area contributed by atoms with Crippen molar-refractivity contribution in [1.29, 1.82) is 0 Å². The standard InChI is InChI=1S/C9H17NO4/c1-6(2)3-7(5-11)10-8(12)4-9(13)14/h6-7,11H,3-5H2,1-2H3,(H,10,12)(H,13,14). The number of carboxylic acids is 1. The number of amides is 1. The van der Waals surface area contributed by atoms with Gasteiger partial charge in [0.15, 0.2) is 0 Å².